The summed E-state index contributed by atoms with van der Waals surface area (Å²) in [5, 5.41) is 2.83. The van der Waals surface area contributed by atoms with Crippen molar-refractivity contribution in [2.24, 2.45) is 0 Å². The van der Waals surface area contributed by atoms with Crippen LogP contribution >= 0.6 is 0 Å². The third-order valence-corrected chi connectivity index (χ3v) is 4.84. The Morgan fingerprint density at radius 1 is 0.900 bits per heavy atom. The van der Waals surface area contributed by atoms with Crippen molar-refractivity contribution in [2.75, 3.05) is 12.4 Å². The Morgan fingerprint density at radius 2 is 1.60 bits per heavy atom. The predicted molar refractivity (Wildman–Crippen MR) is 117 cm³/mol. The minimum atomic E-state index is -0.468. The average molecular weight is 403 g/mol. The predicted octanol–water partition coefficient (Wildman–Crippen LogP) is 4.93. The molecule has 1 N–H and O–H groups in total. The molecule has 0 aliphatic heterocycles. The first-order chi connectivity index (χ1) is 14.6. The second kappa shape index (κ2) is 10.3. The number of anilines is 1. The van der Waals surface area contributed by atoms with E-state index in [-0.39, 0.29) is 12.5 Å². The highest BCUT2D eigenvalue weighted by molar-refractivity contribution is 6.01. The van der Waals surface area contributed by atoms with Gasteiger partial charge in [0.05, 0.1) is 18.4 Å². The summed E-state index contributed by atoms with van der Waals surface area (Å²) < 4.78 is 10.6. The van der Waals surface area contributed by atoms with E-state index >= 15 is 0 Å². The van der Waals surface area contributed by atoms with E-state index in [4.69, 9.17) is 9.47 Å². The van der Waals surface area contributed by atoms with Crippen LogP contribution in [0.3, 0.4) is 0 Å². The first kappa shape index (κ1) is 21.1. The molecule has 3 rings (SSSR count). The number of esters is 1. The second-order valence-corrected chi connectivity index (χ2v) is 6.94. The monoisotopic (exact) mass is 403 g/mol. The van der Waals surface area contributed by atoms with Gasteiger partial charge in [-0.15, -0.1) is 0 Å². The third-order valence-electron chi connectivity index (χ3n) is 4.84. The van der Waals surface area contributed by atoms with Crippen LogP contribution in [0.25, 0.3) is 0 Å². The third kappa shape index (κ3) is 5.70. The fraction of sp³-hybridized carbons (Fsp3) is 0.200. The number of hydrogen-bond acceptors (Lipinski definition) is 4. The van der Waals surface area contributed by atoms with E-state index in [2.05, 4.69) is 5.32 Å². The number of ether oxygens (including phenoxy) is 2. The van der Waals surface area contributed by atoms with Crippen molar-refractivity contribution in [2.45, 2.75) is 26.4 Å². The van der Waals surface area contributed by atoms with E-state index in [9.17, 15) is 9.59 Å². The Kier molecular flexibility index (Phi) is 7.22. The summed E-state index contributed by atoms with van der Waals surface area (Å²) in [7, 11) is 1.62. The zero-order valence-electron chi connectivity index (χ0n) is 17.2. The number of methoxy groups -OCH3 is 1. The molecule has 0 bridgehead atoms. The number of nitrogens with one attached hydrogen (secondary N) is 1. The summed E-state index contributed by atoms with van der Waals surface area (Å²) >= 11 is 0. The lowest BCUT2D eigenvalue weighted by Gasteiger charge is -2.12. The summed E-state index contributed by atoms with van der Waals surface area (Å²) in [5.41, 5.74) is 3.84. The Bertz CT molecular complexity index is 1010. The van der Waals surface area contributed by atoms with Crippen LogP contribution in [-0.4, -0.2) is 19.0 Å². The molecule has 0 aliphatic rings. The number of benzene rings is 3. The molecule has 0 unspecified atom stereocenters. The van der Waals surface area contributed by atoms with E-state index in [0.29, 0.717) is 24.1 Å². The standard InChI is InChI=1S/C25H25NO4/c1-18-7-3-4-8-20(18)17-30-25(28)22-9-5-6-10-23(22)26-24(27)16-13-19-11-14-21(29-2)15-12-19/h3-12,14-15H,13,16-17H2,1-2H3,(H,26,27). The molecule has 30 heavy (non-hydrogen) atoms. The highest BCUT2D eigenvalue weighted by atomic mass is 16.5. The Morgan fingerprint density at radius 3 is 2.33 bits per heavy atom. The Balaban J connectivity index is 1.59. The van der Waals surface area contributed by atoms with E-state index in [0.717, 1.165) is 22.4 Å². The average Bonchev–Trinajstić information content (AvgIpc) is 2.77. The minimum Gasteiger partial charge on any atom is -0.497 e. The lowest BCUT2D eigenvalue weighted by molar-refractivity contribution is -0.116. The van der Waals surface area contributed by atoms with E-state index in [1.54, 1.807) is 31.4 Å². The highest BCUT2D eigenvalue weighted by Gasteiger charge is 2.15. The molecule has 1 amide bonds. The van der Waals surface area contributed by atoms with Crippen molar-refractivity contribution < 1.29 is 19.1 Å². The molecule has 5 heteroatoms. The SMILES string of the molecule is COc1ccc(CCC(=O)Nc2ccccc2C(=O)OCc2ccccc2C)cc1. The van der Waals surface area contributed by atoms with Crippen LogP contribution in [0.15, 0.2) is 72.8 Å². The van der Waals surface area contributed by atoms with Gasteiger partial charge in [0.15, 0.2) is 0 Å². The van der Waals surface area contributed by atoms with Gasteiger partial charge in [-0.1, -0.05) is 48.5 Å². The van der Waals surface area contributed by atoms with Gasteiger partial charge in [0.25, 0.3) is 0 Å². The molecule has 0 fully saturated rings. The molecule has 3 aromatic rings. The van der Waals surface area contributed by atoms with Crippen molar-refractivity contribution in [3.8, 4) is 5.75 Å². The topological polar surface area (TPSA) is 64.6 Å². The molecule has 0 saturated carbocycles. The first-order valence-corrected chi connectivity index (χ1v) is 9.80. The van der Waals surface area contributed by atoms with Gasteiger partial charge < -0.3 is 14.8 Å². The molecule has 154 valence electrons. The lowest BCUT2D eigenvalue weighted by atomic mass is 10.1. The molecular weight excluding hydrogens is 378 g/mol. The Labute approximate surface area is 176 Å². The molecule has 5 nitrogen and oxygen atoms in total. The lowest BCUT2D eigenvalue weighted by Crippen LogP contribution is -2.16. The maximum absolute atomic E-state index is 12.6. The molecule has 0 aromatic heterocycles. The van der Waals surface area contributed by atoms with Crippen LogP contribution in [0.1, 0.15) is 33.5 Å². The molecule has 0 radical (unpaired) electrons. The van der Waals surface area contributed by atoms with Crippen molar-refractivity contribution in [1.29, 1.82) is 0 Å². The summed E-state index contributed by atoms with van der Waals surface area (Å²) in [4.78, 5) is 25.0. The van der Waals surface area contributed by atoms with Crippen LogP contribution in [0.5, 0.6) is 5.75 Å². The number of hydrogen-bond donors (Lipinski definition) is 1. The van der Waals surface area contributed by atoms with Crippen molar-refractivity contribution >= 4 is 17.6 Å². The largest absolute Gasteiger partial charge is 0.497 e. The fourth-order valence-corrected chi connectivity index (χ4v) is 3.03. The van der Waals surface area contributed by atoms with Crippen molar-refractivity contribution in [3.05, 3.63) is 95.1 Å². The van der Waals surface area contributed by atoms with E-state index < -0.39 is 5.97 Å². The molecule has 0 saturated heterocycles. The van der Waals surface area contributed by atoms with Gasteiger partial charge in [0, 0.05) is 6.42 Å². The number of carbonyl (C=O) groups is 2. The van der Waals surface area contributed by atoms with Gasteiger partial charge >= 0.3 is 5.97 Å². The van der Waals surface area contributed by atoms with Crippen molar-refractivity contribution in [1.82, 2.24) is 0 Å². The number of amides is 1. The first-order valence-electron chi connectivity index (χ1n) is 9.80. The van der Waals surface area contributed by atoms with Gasteiger partial charge in [-0.2, -0.15) is 0 Å². The van der Waals surface area contributed by atoms with Gasteiger partial charge in [0.1, 0.15) is 12.4 Å². The maximum atomic E-state index is 12.6. The molecule has 0 aliphatic carbocycles. The van der Waals surface area contributed by atoms with Gasteiger partial charge in [-0.05, 0) is 54.3 Å². The smallest absolute Gasteiger partial charge is 0.340 e. The molecule has 0 atom stereocenters. The normalized spacial score (nSPS) is 10.3. The quantitative estimate of drug-likeness (QED) is 0.542. The van der Waals surface area contributed by atoms with Crippen LogP contribution in [0.4, 0.5) is 5.69 Å². The maximum Gasteiger partial charge on any atom is 0.340 e. The fourth-order valence-electron chi connectivity index (χ4n) is 3.03. The number of para-hydroxylation sites is 1. The van der Waals surface area contributed by atoms with Crippen LogP contribution in [0.2, 0.25) is 0 Å². The highest BCUT2D eigenvalue weighted by Crippen LogP contribution is 2.19. The van der Waals surface area contributed by atoms with Crippen molar-refractivity contribution in [3.63, 3.8) is 0 Å². The van der Waals surface area contributed by atoms with E-state index in [1.807, 2.05) is 55.5 Å². The summed E-state index contributed by atoms with van der Waals surface area (Å²) in [6.45, 7) is 2.16. The van der Waals surface area contributed by atoms with Crippen LogP contribution in [-0.2, 0) is 22.6 Å². The molecule has 0 heterocycles. The molecule has 3 aromatic carbocycles. The summed E-state index contributed by atoms with van der Waals surface area (Å²) in [6, 6.07) is 22.2. The summed E-state index contributed by atoms with van der Waals surface area (Å²) in [5.74, 6) is 0.149. The van der Waals surface area contributed by atoms with Gasteiger partial charge in [-0.3, -0.25) is 4.79 Å². The van der Waals surface area contributed by atoms with E-state index in [1.165, 1.54) is 0 Å². The Hall–Kier alpha value is -3.60. The number of aryl methyl sites for hydroxylation is 2. The number of carbonyl (C=O) groups excluding carboxylic acids is 2. The molecule has 0 spiro atoms. The van der Waals surface area contributed by atoms with Gasteiger partial charge in [0.2, 0.25) is 5.91 Å². The number of rotatable bonds is 8. The summed E-state index contributed by atoms with van der Waals surface area (Å²) in [6.07, 6.45) is 0.897. The van der Waals surface area contributed by atoms with Crippen LogP contribution < -0.4 is 10.1 Å². The van der Waals surface area contributed by atoms with Gasteiger partial charge in [-0.25, -0.2) is 4.79 Å². The molecular formula is C25H25NO4. The zero-order valence-corrected chi connectivity index (χ0v) is 17.2. The second-order valence-electron chi connectivity index (χ2n) is 6.94. The van der Waals surface area contributed by atoms with Crippen LogP contribution in [0, 0.1) is 6.92 Å². The minimum absolute atomic E-state index is 0.162. The zero-order chi connectivity index (χ0) is 21.3.